The summed E-state index contributed by atoms with van der Waals surface area (Å²) in [6.07, 6.45) is 2.56. The SMILES string of the molecule is Cc1ccc(F)c(NC(=O)NC2CCCC(C(=O)O)C2)c1. The summed E-state index contributed by atoms with van der Waals surface area (Å²) < 4.78 is 13.6. The Labute approximate surface area is 122 Å². The molecule has 0 aliphatic heterocycles. The van der Waals surface area contributed by atoms with E-state index < -0.39 is 23.7 Å². The fraction of sp³-hybridized carbons (Fsp3) is 0.467. The molecular formula is C15H19FN2O3. The van der Waals surface area contributed by atoms with E-state index in [2.05, 4.69) is 10.6 Å². The molecule has 1 aliphatic carbocycles. The highest BCUT2D eigenvalue weighted by Crippen LogP contribution is 2.24. The third-order valence-corrected chi connectivity index (χ3v) is 3.73. The zero-order valence-corrected chi connectivity index (χ0v) is 11.9. The van der Waals surface area contributed by atoms with Crippen LogP contribution >= 0.6 is 0 Å². The van der Waals surface area contributed by atoms with E-state index in [0.717, 1.165) is 18.4 Å². The number of anilines is 1. The van der Waals surface area contributed by atoms with Gasteiger partial charge in [-0.1, -0.05) is 12.5 Å². The Hall–Kier alpha value is -2.11. The molecule has 0 radical (unpaired) electrons. The molecule has 0 heterocycles. The molecule has 1 aromatic rings. The second-order valence-corrected chi connectivity index (χ2v) is 5.48. The van der Waals surface area contributed by atoms with Crippen molar-refractivity contribution in [2.75, 3.05) is 5.32 Å². The third kappa shape index (κ3) is 4.18. The molecule has 3 N–H and O–H groups in total. The first-order valence-electron chi connectivity index (χ1n) is 7.02. The van der Waals surface area contributed by atoms with Crippen LogP contribution in [-0.4, -0.2) is 23.1 Å². The zero-order valence-electron chi connectivity index (χ0n) is 11.9. The van der Waals surface area contributed by atoms with Gasteiger partial charge in [0.05, 0.1) is 11.6 Å². The molecule has 1 fully saturated rings. The lowest BCUT2D eigenvalue weighted by Crippen LogP contribution is -2.42. The Kier molecular flexibility index (Phi) is 4.77. The summed E-state index contributed by atoms with van der Waals surface area (Å²) in [5.41, 5.74) is 0.966. The van der Waals surface area contributed by atoms with E-state index in [-0.39, 0.29) is 11.7 Å². The molecule has 2 unspecified atom stereocenters. The standard InChI is InChI=1S/C15H19FN2O3/c1-9-5-6-12(16)13(7-9)18-15(21)17-11-4-2-3-10(8-11)14(19)20/h5-7,10-11H,2-4,8H2,1H3,(H,19,20)(H2,17,18,21). The highest BCUT2D eigenvalue weighted by molar-refractivity contribution is 5.89. The number of urea groups is 1. The van der Waals surface area contributed by atoms with Gasteiger partial charge in [0.2, 0.25) is 0 Å². The van der Waals surface area contributed by atoms with E-state index in [4.69, 9.17) is 5.11 Å². The van der Waals surface area contributed by atoms with E-state index in [9.17, 15) is 14.0 Å². The minimum absolute atomic E-state index is 0.123. The summed E-state index contributed by atoms with van der Waals surface area (Å²) in [5.74, 6) is -1.74. The molecule has 114 valence electrons. The Bertz CT molecular complexity index is 548. The average molecular weight is 294 g/mol. The molecule has 0 aromatic heterocycles. The lowest BCUT2D eigenvalue weighted by molar-refractivity contribution is -0.143. The lowest BCUT2D eigenvalue weighted by atomic mass is 9.86. The number of rotatable bonds is 3. The monoisotopic (exact) mass is 294 g/mol. The highest BCUT2D eigenvalue weighted by Gasteiger charge is 2.27. The fourth-order valence-electron chi connectivity index (χ4n) is 2.62. The summed E-state index contributed by atoms with van der Waals surface area (Å²) in [4.78, 5) is 22.9. The van der Waals surface area contributed by atoms with Crippen molar-refractivity contribution < 1.29 is 19.1 Å². The number of amides is 2. The number of carbonyl (C=O) groups is 2. The Morgan fingerprint density at radius 3 is 2.81 bits per heavy atom. The van der Waals surface area contributed by atoms with Crippen LogP contribution in [0.15, 0.2) is 18.2 Å². The van der Waals surface area contributed by atoms with Crippen LogP contribution in [-0.2, 0) is 4.79 Å². The third-order valence-electron chi connectivity index (χ3n) is 3.73. The van der Waals surface area contributed by atoms with Crippen molar-refractivity contribution in [3.05, 3.63) is 29.6 Å². The number of halogens is 1. The van der Waals surface area contributed by atoms with Gasteiger partial charge in [0, 0.05) is 6.04 Å². The molecule has 21 heavy (non-hydrogen) atoms. The van der Waals surface area contributed by atoms with E-state index in [1.807, 2.05) is 0 Å². The van der Waals surface area contributed by atoms with E-state index in [0.29, 0.717) is 12.8 Å². The van der Waals surface area contributed by atoms with E-state index in [1.165, 1.54) is 6.07 Å². The van der Waals surface area contributed by atoms with Crippen LogP contribution in [0.4, 0.5) is 14.9 Å². The van der Waals surface area contributed by atoms with Crippen LogP contribution < -0.4 is 10.6 Å². The van der Waals surface area contributed by atoms with E-state index >= 15 is 0 Å². The zero-order chi connectivity index (χ0) is 15.4. The molecule has 1 aliphatic rings. The average Bonchev–Trinajstić information content (AvgIpc) is 2.43. The van der Waals surface area contributed by atoms with Gasteiger partial charge in [-0.2, -0.15) is 0 Å². The minimum atomic E-state index is -0.827. The minimum Gasteiger partial charge on any atom is -0.481 e. The number of benzene rings is 1. The first kappa shape index (κ1) is 15.3. The number of hydrogen-bond acceptors (Lipinski definition) is 2. The van der Waals surface area contributed by atoms with Gasteiger partial charge >= 0.3 is 12.0 Å². The van der Waals surface area contributed by atoms with Crippen LogP contribution in [0, 0.1) is 18.7 Å². The second kappa shape index (κ2) is 6.56. The summed E-state index contributed by atoms with van der Waals surface area (Å²) in [5, 5.41) is 14.2. The Morgan fingerprint density at radius 2 is 2.10 bits per heavy atom. The van der Waals surface area contributed by atoms with Crippen molar-refractivity contribution in [1.29, 1.82) is 0 Å². The first-order chi connectivity index (χ1) is 9.95. The predicted molar refractivity (Wildman–Crippen MR) is 76.7 cm³/mol. The lowest BCUT2D eigenvalue weighted by Gasteiger charge is -2.27. The molecule has 0 spiro atoms. The highest BCUT2D eigenvalue weighted by atomic mass is 19.1. The summed E-state index contributed by atoms with van der Waals surface area (Å²) in [6, 6.07) is 3.78. The van der Waals surface area contributed by atoms with Gasteiger partial charge in [0.25, 0.3) is 0 Å². The number of carboxylic acids is 1. The molecule has 2 rings (SSSR count). The number of carboxylic acid groups (broad SMARTS) is 1. The molecule has 2 atom stereocenters. The largest absolute Gasteiger partial charge is 0.481 e. The number of carbonyl (C=O) groups excluding carboxylic acids is 1. The smallest absolute Gasteiger partial charge is 0.319 e. The van der Waals surface area contributed by atoms with Crippen molar-refractivity contribution in [2.24, 2.45) is 5.92 Å². The van der Waals surface area contributed by atoms with Crippen molar-refractivity contribution >= 4 is 17.7 Å². The predicted octanol–water partition coefficient (Wildman–Crippen LogP) is 2.90. The summed E-state index contributed by atoms with van der Waals surface area (Å²) >= 11 is 0. The molecule has 1 saturated carbocycles. The van der Waals surface area contributed by atoms with Gasteiger partial charge < -0.3 is 15.7 Å². The molecule has 0 saturated heterocycles. The van der Waals surface area contributed by atoms with Crippen molar-refractivity contribution in [2.45, 2.75) is 38.6 Å². The summed E-state index contributed by atoms with van der Waals surface area (Å²) in [7, 11) is 0. The maximum Gasteiger partial charge on any atom is 0.319 e. The van der Waals surface area contributed by atoms with Gasteiger partial charge in [-0.15, -0.1) is 0 Å². The first-order valence-corrected chi connectivity index (χ1v) is 7.02. The van der Waals surface area contributed by atoms with Gasteiger partial charge in [-0.3, -0.25) is 4.79 Å². The van der Waals surface area contributed by atoms with Gasteiger partial charge in [-0.25, -0.2) is 9.18 Å². The van der Waals surface area contributed by atoms with Crippen molar-refractivity contribution in [3.8, 4) is 0 Å². The fourth-order valence-corrected chi connectivity index (χ4v) is 2.62. The van der Waals surface area contributed by atoms with Gasteiger partial charge in [-0.05, 0) is 43.9 Å². The van der Waals surface area contributed by atoms with E-state index in [1.54, 1.807) is 19.1 Å². The molecular weight excluding hydrogens is 275 g/mol. The van der Waals surface area contributed by atoms with Crippen LogP contribution in [0.2, 0.25) is 0 Å². The van der Waals surface area contributed by atoms with Gasteiger partial charge in [0.15, 0.2) is 0 Å². The number of nitrogens with one attached hydrogen (secondary N) is 2. The van der Waals surface area contributed by atoms with Crippen LogP contribution in [0.25, 0.3) is 0 Å². The Morgan fingerprint density at radius 1 is 1.33 bits per heavy atom. The number of aliphatic carboxylic acids is 1. The number of hydrogen-bond donors (Lipinski definition) is 3. The topological polar surface area (TPSA) is 78.4 Å². The maximum atomic E-state index is 13.6. The molecule has 6 heteroatoms. The molecule has 5 nitrogen and oxygen atoms in total. The quantitative estimate of drug-likeness (QED) is 0.802. The Balaban J connectivity index is 1.92. The van der Waals surface area contributed by atoms with Crippen LogP contribution in [0.1, 0.15) is 31.2 Å². The van der Waals surface area contributed by atoms with Crippen molar-refractivity contribution in [1.82, 2.24) is 5.32 Å². The molecule has 0 bridgehead atoms. The second-order valence-electron chi connectivity index (χ2n) is 5.48. The van der Waals surface area contributed by atoms with Crippen LogP contribution in [0.5, 0.6) is 0 Å². The molecule has 1 aromatic carbocycles. The summed E-state index contributed by atoms with van der Waals surface area (Å²) in [6.45, 7) is 1.81. The van der Waals surface area contributed by atoms with Crippen LogP contribution in [0.3, 0.4) is 0 Å². The van der Waals surface area contributed by atoms with Gasteiger partial charge in [0.1, 0.15) is 5.82 Å². The number of aryl methyl sites for hydroxylation is 1. The normalized spacial score (nSPS) is 21.6. The molecule has 2 amide bonds. The maximum absolute atomic E-state index is 13.6. The van der Waals surface area contributed by atoms with Crippen molar-refractivity contribution in [3.63, 3.8) is 0 Å².